The molecule has 0 atom stereocenters. The van der Waals surface area contributed by atoms with Crippen LogP contribution in [0.3, 0.4) is 0 Å². The molecule has 0 fully saturated rings. The summed E-state index contributed by atoms with van der Waals surface area (Å²) in [4.78, 5) is 12.3. The molecule has 0 unspecified atom stereocenters. The summed E-state index contributed by atoms with van der Waals surface area (Å²) in [6.45, 7) is 5.91. The van der Waals surface area contributed by atoms with Crippen molar-refractivity contribution in [1.29, 1.82) is 0 Å². The quantitative estimate of drug-likeness (QED) is 0.832. The maximum atomic E-state index is 12.4. The fourth-order valence-corrected chi connectivity index (χ4v) is 3.35. The van der Waals surface area contributed by atoms with Gasteiger partial charge in [0.1, 0.15) is 0 Å². The number of nitrogens with one attached hydrogen (secondary N) is 2. The number of hydrogen-bond acceptors (Lipinski definition) is 3. The normalized spacial score (nSPS) is 12.0. The van der Waals surface area contributed by atoms with Crippen LogP contribution in [0.2, 0.25) is 0 Å². The highest BCUT2D eigenvalue weighted by Crippen LogP contribution is 2.13. The maximum absolute atomic E-state index is 12.4. The molecule has 0 radical (unpaired) electrons. The van der Waals surface area contributed by atoms with Gasteiger partial charge in [-0.05, 0) is 51.0 Å². The van der Waals surface area contributed by atoms with Gasteiger partial charge in [-0.25, -0.2) is 13.1 Å². The molecule has 2 rings (SSSR count). The van der Waals surface area contributed by atoms with Crippen LogP contribution < -0.4 is 10.0 Å². The van der Waals surface area contributed by atoms with Crippen LogP contribution in [-0.2, 0) is 16.4 Å². The summed E-state index contributed by atoms with van der Waals surface area (Å²) in [6, 6.07) is 15.7. The largest absolute Gasteiger partial charge is 0.347 e. The first-order chi connectivity index (χ1) is 11.7. The first kappa shape index (κ1) is 19.1. The van der Waals surface area contributed by atoms with Gasteiger partial charge in [-0.1, -0.05) is 36.4 Å². The van der Waals surface area contributed by atoms with Gasteiger partial charge in [-0.15, -0.1) is 0 Å². The van der Waals surface area contributed by atoms with E-state index in [1.807, 2.05) is 51.1 Å². The third-order valence-corrected chi connectivity index (χ3v) is 4.90. The molecule has 1 amide bonds. The molecule has 2 N–H and O–H groups in total. The maximum Gasteiger partial charge on any atom is 0.251 e. The van der Waals surface area contributed by atoms with Crippen molar-refractivity contribution in [2.45, 2.75) is 37.6 Å². The van der Waals surface area contributed by atoms with E-state index in [9.17, 15) is 13.2 Å². The molecule has 5 nitrogen and oxygen atoms in total. The Morgan fingerprint density at radius 1 is 1.00 bits per heavy atom. The second kappa shape index (κ2) is 7.80. The molecule has 0 aromatic heterocycles. The number of hydrogen-bond donors (Lipinski definition) is 2. The van der Waals surface area contributed by atoms with Crippen LogP contribution in [0.15, 0.2) is 59.5 Å². The predicted octanol–water partition coefficient (Wildman–Crippen LogP) is 2.74. The minimum atomic E-state index is -3.66. The smallest absolute Gasteiger partial charge is 0.251 e. The van der Waals surface area contributed by atoms with Gasteiger partial charge in [0.05, 0.1) is 4.90 Å². The van der Waals surface area contributed by atoms with E-state index in [4.69, 9.17) is 0 Å². The first-order valence-electron chi connectivity index (χ1n) is 8.13. The Kier molecular flexibility index (Phi) is 5.98. The third kappa shape index (κ3) is 5.99. The van der Waals surface area contributed by atoms with Crippen LogP contribution in [0, 0.1) is 0 Å². The third-order valence-electron chi connectivity index (χ3n) is 3.44. The van der Waals surface area contributed by atoms with Crippen molar-refractivity contribution in [1.82, 2.24) is 10.0 Å². The fraction of sp³-hybridized carbons (Fsp3) is 0.316. The molecular formula is C19H24N2O3S. The van der Waals surface area contributed by atoms with Crippen LogP contribution >= 0.6 is 0 Å². The molecule has 134 valence electrons. The Balaban J connectivity index is 2.06. The summed E-state index contributed by atoms with van der Waals surface area (Å²) in [5, 5.41) is 2.82. The van der Waals surface area contributed by atoms with Crippen LogP contribution in [-0.4, -0.2) is 26.4 Å². The number of sulfonamides is 1. The second-order valence-corrected chi connectivity index (χ2v) is 8.63. The average molecular weight is 360 g/mol. The SMILES string of the molecule is CC(C)(C)NC(=O)c1cccc(S(=O)(=O)NCCc2ccccc2)c1. The summed E-state index contributed by atoms with van der Waals surface area (Å²) in [6.07, 6.45) is 0.601. The lowest BCUT2D eigenvalue weighted by Gasteiger charge is -2.20. The van der Waals surface area contributed by atoms with Crippen LogP contribution in [0.4, 0.5) is 0 Å². The number of carbonyl (C=O) groups is 1. The highest BCUT2D eigenvalue weighted by molar-refractivity contribution is 7.89. The zero-order valence-electron chi connectivity index (χ0n) is 14.7. The van der Waals surface area contributed by atoms with Gasteiger partial charge in [0.2, 0.25) is 10.0 Å². The van der Waals surface area contributed by atoms with Crippen molar-refractivity contribution < 1.29 is 13.2 Å². The molecule has 0 bridgehead atoms. The van der Waals surface area contributed by atoms with Gasteiger partial charge in [0.25, 0.3) is 5.91 Å². The van der Waals surface area contributed by atoms with Gasteiger partial charge in [-0.3, -0.25) is 4.79 Å². The lowest BCUT2D eigenvalue weighted by atomic mass is 10.1. The average Bonchev–Trinajstić information content (AvgIpc) is 2.54. The summed E-state index contributed by atoms with van der Waals surface area (Å²) < 4.78 is 27.5. The van der Waals surface area contributed by atoms with E-state index in [0.717, 1.165) is 5.56 Å². The van der Waals surface area contributed by atoms with Crippen LogP contribution in [0.25, 0.3) is 0 Å². The Bertz CT molecular complexity index is 825. The van der Waals surface area contributed by atoms with E-state index in [1.54, 1.807) is 12.1 Å². The molecule has 0 saturated carbocycles. The van der Waals surface area contributed by atoms with Gasteiger partial charge in [0, 0.05) is 17.6 Å². The molecule has 0 heterocycles. The van der Waals surface area contributed by atoms with Crippen molar-refractivity contribution in [3.63, 3.8) is 0 Å². The molecule has 2 aromatic rings. The Hall–Kier alpha value is -2.18. The van der Waals surface area contributed by atoms with Gasteiger partial charge >= 0.3 is 0 Å². The van der Waals surface area contributed by atoms with E-state index in [1.165, 1.54) is 12.1 Å². The molecule has 0 aliphatic carbocycles. The lowest BCUT2D eigenvalue weighted by molar-refractivity contribution is 0.0919. The van der Waals surface area contributed by atoms with E-state index in [0.29, 0.717) is 18.5 Å². The summed E-state index contributed by atoms with van der Waals surface area (Å²) in [5.74, 6) is -0.297. The highest BCUT2D eigenvalue weighted by Gasteiger charge is 2.18. The zero-order valence-corrected chi connectivity index (χ0v) is 15.6. The van der Waals surface area contributed by atoms with E-state index in [2.05, 4.69) is 10.0 Å². The van der Waals surface area contributed by atoms with Crippen molar-refractivity contribution >= 4 is 15.9 Å². The summed E-state index contributed by atoms with van der Waals surface area (Å²) >= 11 is 0. The van der Waals surface area contributed by atoms with E-state index >= 15 is 0 Å². The fourth-order valence-electron chi connectivity index (χ4n) is 2.27. The number of benzene rings is 2. The van der Waals surface area contributed by atoms with Crippen molar-refractivity contribution in [3.05, 3.63) is 65.7 Å². The molecule has 0 saturated heterocycles. The van der Waals surface area contributed by atoms with E-state index in [-0.39, 0.29) is 16.3 Å². The molecule has 25 heavy (non-hydrogen) atoms. The molecular weight excluding hydrogens is 336 g/mol. The molecule has 2 aromatic carbocycles. The Labute approximate surface area is 149 Å². The zero-order chi connectivity index (χ0) is 18.5. The second-order valence-electron chi connectivity index (χ2n) is 6.87. The van der Waals surface area contributed by atoms with Crippen molar-refractivity contribution in [2.24, 2.45) is 0 Å². The standard InChI is InChI=1S/C19H24N2O3S/c1-19(2,3)21-18(22)16-10-7-11-17(14-16)25(23,24)20-13-12-15-8-5-4-6-9-15/h4-11,14,20H,12-13H2,1-3H3,(H,21,22). The molecule has 0 aliphatic rings. The predicted molar refractivity (Wildman–Crippen MR) is 99.0 cm³/mol. The van der Waals surface area contributed by atoms with Crippen molar-refractivity contribution in [3.8, 4) is 0 Å². The Morgan fingerprint density at radius 2 is 1.68 bits per heavy atom. The van der Waals surface area contributed by atoms with Gasteiger partial charge in [-0.2, -0.15) is 0 Å². The molecule has 0 aliphatic heterocycles. The monoisotopic (exact) mass is 360 g/mol. The van der Waals surface area contributed by atoms with Gasteiger partial charge < -0.3 is 5.32 Å². The lowest BCUT2D eigenvalue weighted by Crippen LogP contribution is -2.40. The number of amides is 1. The van der Waals surface area contributed by atoms with E-state index < -0.39 is 10.0 Å². The molecule has 6 heteroatoms. The number of carbonyl (C=O) groups excluding carboxylic acids is 1. The summed E-state index contributed by atoms with van der Waals surface area (Å²) in [5.41, 5.74) is 0.990. The minimum Gasteiger partial charge on any atom is -0.347 e. The molecule has 0 spiro atoms. The van der Waals surface area contributed by atoms with Crippen LogP contribution in [0.1, 0.15) is 36.7 Å². The topological polar surface area (TPSA) is 75.3 Å². The van der Waals surface area contributed by atoms with Crippen LogP contribution in [0.5, 0.6) is 0 Å². The number of rotatable bonds is 6. The first-order valence-corrected chi connectivity index (χ1v) is 9.62. The summed E-state index contributed by atoms with van der Waals surface area (Å²) in [7, 11) is -3.66. The highest BCUT2D eigenvalue weighted by atomic mass is 32.2. The Morgan fingerprint density at radius 3 is 2.32 bits per heavy atom. The van der Waals surface area contributed by atoms with Gasteiger partial charge in [0.15, 0.2) is 0 Å². The van der Waals surface area contributed by atoms with Crippen molar-refractivity contribution in [2.75, 3.05) is 6.54 Å². The minimum absolute atomic E-state index is 0.0853.